The van der Waals surface area contributed by atoms with Gasteiger partial charge in [-0.3, -0.25) is 14.9 Å². The number of non-ortho nitro benzene ring substituents is 1. The number of benzene rings is 4. The molecule has 1 N–H and O–H groups in total. The van der Waals surface area contributed by atoms with Crippen LogP contribution in [0.2, 0.25) is 5.02 Å². The van der Waals surface area contributed by atoms with Crippen molar-refractivity contribution in [1.29, 1.82) is 5.26 Å². The van der Waals surface area contributed by atoms with E-state index in [0.717, 1.165) is 15.6 Å². The maximum Gasteiger partial charge on any atom is 0.269 e. The van der Waals surface area contributed by atoms with Crippen LogP contribution in [0.3, 0.4) is 0 Å². The van der Waals surface area contributed by atoms with Crippen LogP contribution in [0.15, 0.2) is 101 Å². The number of anilines is 1. The molecule has 0 bridgehead atoms. The van der Waals surface area contributed by atoms with Gasteiger partial charge in [0.05, 0.1) is 4.92 Å². The minimum atomic E-state index is -0.589. The number of hydrogen-bond acceptors (Lipinski definition) is 6. The molecule has 0 saturated heterocycles. The fourth-order valence-corrected chi connectivity index (χ4v) is 4.12. The van der Waals surface area contributed by atoms with Crippen molar-refractivity contribution in [2.75, 3.05) is 5.32 Å². The lowest BCUT2D eigenvalue weighted by Gasteiger charge is -2.11. The molecule has 0 unspecified atom stereocenters. The van der Waals surface area contributed by atoms with Gasteiger partial charge in [-0.05, 0) is 72.3 Å². The number of hydrogen-bond donors (Lipinski definition) is 1. The summed E-state index contributed by atoms with van der Waals surface area (Å²) in [6, 6.07) is 27.3. The van der Waals surface area contributed by atoms with Crippen molar-refractivity contribution in [1.82, 2.24) is 0 Å². The normalized spacial score (nSPS) is 10.9. The zero-order valence-corrected chi connectivity index (χ0v) is 23.2. The van der Waals surface area contributed by atoms with E-state index in [-0.39, 0.29) is 17.9 Å². The Morgan fingerprint density at radius 3 is 2.40 bits per heavy atom. The minimum Gasteiger partial charge on any atom is -0.489 e. The van der Waals surface area contributed by atoms with Crippen LogP contribution in [0, 0.1) is 21.4 Å². The van der Waals surface area contributed by atoms with E-state index in [1.807, 2.05) is 24.3 Å². The van der Waals surface area contributed by atoms with Gasteiger partial charge in [0.15, 0.2) is 0 Å². The summed E-state index contributed by atoms with van der Waals surface area (Å²) in [5.41, 5.74) is 2.43. The number of nitrogens with one attached hydrogen (secondary N) is 1. The van der Waals surface area contributed by atoms with Crippen molar-refractivity contribution < 1.29 is 19.2 Å². The van der Waals surface area contributed by atoms with Gasteiger partial charge in [0, 0.05) is 38.4 Å². The van der Waals surface area contributed by atoms with Gasteiger partial charge >= 0.3 is 0 Å². The number of nitriles is 1. The molecule has 0 atom stereocenters. The first kappa shape index (κ1) is 28.4. The Kier molecular flexibility index (Phi) is 9.52. The van der Waals surface area contributed by atoms with Crippen LogP contribution in [-0.2, 0) is 18.0 Å². The molecule has 0 aliphatic rings. The fraction of sp³-hybridized carbons (Fsp3) is 0.0667. The molecule has 0 radical (unpaired) electrons. The molecule has 4 aromatic carbocycles. The molecular formula is C30H21BrClN3O5. The molecule has 40 heavy (non-hydrogen) atoms. The molecule has 10 heteroatoms. The first-order chi connectivity index (χ1) is 19.3. The first-order valence-corrected chi connectivity index (χ1v) is 13.0. The quantitative estimate of drug-likeness (QED) is 0.0842. The van der Waals surface area contributed by atoms with Crippen LogP contribution in [0.5, 0.6) is 11.5 Å². The Bertz CT molecular complexity index is 1600. The van der Waals surface area contributed by atoms with E-state index >= 15 is 0 Å². The van der Waals surface area contributed by atoms with E-state index in [1.165, 1.54) is 18.2 Å². The molecular weight excluding hydrogens is 598 g/mol. The molecule has 4 rings (SSSR count). The summed E-state index contributed by atoms with van der Waals surface area (Å²) in [6.07, 6.45) is 1.44. The average molecular weight is 619 g/mol. The van der Waals surface area contributed by atoms with Gasteiger partial charge in [-0.15, -0.1) is 0 Å². The number of ether oxygens (including phenoxy) is 2. The molecule has 0 fully saturated rings. The minimum absolute atomic E-state index is 0.0139. The highest BCUT2D eigenvalue weighted by atomic mass is 79.9. The maximum atomic E-state index is 12.9. The van der Waals surface area contributed by atoms with Gasteiger partial charge in [0.2, 0.25) is 0 Å². The lowest BCUT2D eigenvalue weighted by Crippen LogP contribution is -2.13. The lowest BCUT2D eigenvalue weighted by atomic mass is 10.1. The highest BCUT2D eigenvalue weighted by Gasteiger charge is 2.13. The second-order valence-electron chi connectivity index (χ2n) is 8.42. The monoisotopic (exact) mass is 617 g/mol. The summed E-state index contributed by atoms with van der Waals surface area (Å²) in [5.74, 6) is 0.438. The molecule has 4 aromatic rings. The van der Waals surface area contributed by atoms with Crippen LogP contribution in [0.4, 0.5) is 11.4 Å². The van der Waals surface area contributed by atoms with Crippen molar-refractivity contribution in [3.8, 4) is 17.6 Å². The smallest absolute Gasteiger partial charge is 0.269 e. The summed E-state index contributed by atoms with van der Waals surface area (Å²) >= 11 is 9.57. The van der Waals surface area contributed by atoms with Gasteiger partial charge < -0.3 is 14.8 Å². The molecule has 8 nitrogen and oxygen atoms in total. The van der Waals surface area contributed by atoms with Gasteiger partial charge in [-0.1, -0.05) is 45.7 Å². The van der Waals surface area contributed by atoms with Gasteiger partial charge in [-0.2, -0.15) is 5.26 Å². The van der Waals surface area contributed by atoms with E-state index in [4.69, 9.17) is 21.1 Å². The molecule has 200 valence electrons. The number of nitro groups is 1. The van der Waals surface area contributed by atoms with E-state index in [0.29, 0.717) is 34.4 Å². The molecule has 0 aliphatic heterocycles. The van der Waals surface area contributed by atoms with Crippen molar-refractivity contribution in [2.45, 2.75) is 13.2 Å². The van der Waals surface area contributed by atoms with Crippen molar-refractivity contribution in [2.24, 2.45) is 0 Å². The standard InChI is InChI=1S/C30H21BrClN3O5/c31-24-7-14-29(40-18-20-5-10-26(11-6-20)35(37)38)22(16-24)15-23(17-33)30(36)34-25-8-12-27(13-9-25)39-19-21-3-1-2-4-28(21)32/h1-16H,18-19H2,(H,34,36)/b23-15+. The third-order valence-electron chi connectivity index (χ3n) is 5.64. The van der Waals surface area contributed by atoms with Crippen LogP contribution in [0.1, 0.15) is 16.7 Å². The predicted molar refractivity (Wildman–Crippen MR) is 156 cm³/mol. The zero-order chi connectivity index (χ0) is 28.5. The number of nitro benzene ring substituents is 1. The largest absolute Gasteiger partial charge is 0.489 e. The molecule has 0 spiro atoms. The number of rotatable bonds is 10. The maximum absolute atomic E-state index is 12.9. The predicted octanol–water partition coefficient (Wildman–Crippen LogP) is 7.71. The third-order valence-corrected chi connectivity index (χ3v) is 6.50. The van der Waals surface area contributed by atoms with Gasteiger partial charge in [0.1, 0.15) is 36.4 Å². The van der Waals surface area contributed by atoms with Crippen LogP contribution >= 0.6 is 27.5 Å². The SMILES string of the molecule is N#C/C(=C\c1cc(Br)ccc1OCc1ccc([N+](=O)[O-])cc1)C(=O)Nc1ccc(OCc2ccccc2Cl)cc1. The van der Waals surface area contributed by atoms with Crippen molar-refractivity contribution in [3.63, 3.8) is 0 Å². The average Bonchev–Trinajstić information content (AvgIpc) is 2.96. The number of nitrogens with zero attached hydrogens (tertiary/aromatic N) is 2. The summed E-state index contributed by atoms with van der Waals surface area (Å²) in [7, 11) is 0. The topological polar surface area (TPSA) is 114 Å². The number of amides is 1. The number of carbonyl (C=O) groups excluding carboxylic acids is 1. The Labute approximate surface area is 243 Å². The van der Waals surface area contributed by atoms with Crippen molar-refractivity contribution >= 4 is 50.9 Å². The van der Waals surface area contributed by atoms with Gasteiger partial charge in [0.25, 0.3) is 11.6 Å². The van der Waals surface area contributed by atoms with Gasteiger partial charge in [-0.25, -0.2) is 0 Å². The fourth-order valence-electron chi connectivity index (χ4n) is 3.55. The zero-order valence-electron chi connectivity index (χ0n) is 20.8. The van der Waals surface area contributed by atoms with Crippen LogP contribution in [0.25, 0.3) is 6.08 Å². The third kappa shape index (κ3) is 7.69. The molecule has 0 aliphatic carbocycles. The second-order valence-corrected chi connectivity index (χ2v) is 9.75. The van der Waals surface area contributed by atoms with Crippen LogP contribution in [-0.4, -0.2) is 10.8 Å². The summed E-state index contributed by atoms with van der Waals surface area (Å²) in [4.78, 5) is 23.3. The van der Waals surface area contributed by atoms with E-state index < -0.39 is 10.8 Å². The van der Waals surface area contributed by atoms with Crippen molar-refractivity contribution in [3.05, 3.63) is 133 Å². The lowest BCUT2D eigenvalue weighted by molar-refractivity contribution is -0.384. The number of halogens is 2. The highest BCUT2D eigenvalue weighted by molar-refractivity contribution is 9.10. The second kappa shape index (κ2) is 13.4. The Morgan fingerprint density at radius 1 is 1.00 bits per heavy atom. The number of carbonyl (C=O) groups is 1. The summed E-state index contributed by atoms with van der Waals surface area (Å²) in [5, 5.41) is 23.9. The van der Waals surface area contributed by atoms with Crippen LogP contribution < -0.4 is 14.8 Å². The molecule has 0 saturated carbocycles. The van der Waals surface area contributed by atoms with E-state index in [2.05, 4.69) is 21.2 Å². The molecule has 0 heterocycles. The highest BCUT2D eigenvalue weighted by Crippen LogP contribution is 2.27. The summed E-state index contributed by atoms with van der Waals surface area (Å²) < 4.78 is 12.4. The van der Waals surface area contributed by atoms with E-state index in [1.54, 1.807) is 60.7 Å². The Hall–Kier alpha value is -4.65. The molecule has 1 amide bonds. The Morgan fingerprint density at radius 2 is 1.73 bits per heavy atom. The van der Waals surface area contributed by atoms with E-state index in [9.17, 15) is 20.2 Å². The first-order valence-electron chi connectivity index (χ1n) is 11.9. The Balaban J connectivity index is 1.42. The molecule has 0 aromatic heterocycles. The summed E-state index contributed by atoms with van der Waals surface area (Å²) in [6.45, 7) is 0.438.